The van der Waals surface area contributed by atoms with Crippen LogP contribution in [0.15, 0.2) is 58.3 Å². The zero-order valence-corrected chi connectivity index (χ0v) is 15.2. The van der Waals surface area contributed by atoms with Crippen LogP contribution in [0, 0.1) is 0 Å². The molecule has 0 amide bonds. The quantitative estimate of drug-likeness (QED) is 0.645. The fraction of sp³-hybridized carbons (Fsp3) is 0.125. The second-order valence-corrected chi connectivity index (χ2v) is 8.71. The lowest BCUT2D eigenvalue weighted by atomic mass is 10.2. The Morgan fingerprint density at radius 3 is 1.22 bits per heavy atom. The number of carboxylic acids is 2. The number of benzene rings is 2. The first kappa shape index (κ1) is 20.6. The molecule has 0 aromatic heterocycles. The van der Waals surface area contributed by atoms with Crippen LogP contribution >= 0.6 is 0 Å². The lowest BCUT2D eigenvalue weighted by Crippen LogP contribution is -2.14. The topological polar surface area (TPSA) is 152 Å². The summed E-state index contributed by atoms with van der Waals surface area (Å²) in [6.07, 6.45) is -0.635. The summed E-state index contributed by atoms with van der Waals surface area (Å²) in [5.74, 6) is -2.20. The summed E-state index contributed by atoms with van der Waals surface area (Å²) in [6.45, 7) is 0. The summed E-state index contributed by atoms with van der Waals surface area (Å²) in [6, 6.07) is 9.10. The maximum absolute atomic E-state index is 12.2. The van der Waals surface area contributed by atoms with Crippen molar-refractivity contribution < 1.29 is 40.3 Å². The van der Waals surface area contributed by atoms with Gasteiger partial charge in [0.15, 0.2) is 0 Å². The molecule has 0 fully saturated rings. The van der Waals surface area contributed by atoms with Gasteiger partial charge in [0.05, 0.1) is 22.6 Å². The molecule has 2 N–H and O–H groups in total. The van der Waals surface area contributed by atoms with Crippen LogP contribution in [0.4, 0.5) is 0 Å². The maximum Gasteiger partial charge on any atom is 0.311 e. The summed E-state index contributed by atoms with van der Waals surface area (Å²) < 4.78 is 53.0. The van der Waals surface area contributed by atoms with Gasteiger partial charge in [0, 0.05) is 0 Å². The Kier molecular flexibility index (Phi) is 5.98. The largest absolute Gasteiger partial charge is 0.481 e. The van der Waals surface area contributed by atoms with Gasteiger partial charge in [-0.15, -0.1) is 3.63 Å². The highest BCUT2D eigenvalue weighted by atomic mass is 32.3. The van der Waals surface area contributed by atoms with Gasteiger partial charge in [0.25, 0.3) is 0 Å². The van der Waals surface area contributed by atoms with Crippen LogP contribution in [0.2, 0.25) is 0 Å². The maximum atomic E-state index is 12.2. The first-order chi connectivity index (χ1) is 12.5. The van der Waals surface area contributed by atoms with Crippen molar-refractivity contribution in [1.29, 1.82) is 0 Å². The Hall–Kier alpha value is -2.76. The molecular formula is C16H14O9S2. The predicted octanol–water partition coefficient (Wildman–Crippen LogP) is 1.03. The third-order valence-corrected chi connectivity index (χ3v) is 6.45. The summed E-state index contributed by atoms with van der Waals surface area (Å²) in [4.78, 5) is 20.3. The molecule has 0 aliphatic heterocycles. The highest BCUT2D eigenvalue weighted by molar-refractivity contribution is 7.99. The van der Waals surface area contributed by atoms with E-state index in [1.54, 1.807) is 0 Å². The van der Waals surface area contributed by atoms with Gasteiger partial charge in [-0.3, -0.25) is 9.59 Å². The standard InChI is InChI=1S/C16H14O9S2/c17-15(18)9-11-1-5-13(6-2-11)26(21,22)25-27(23,24)14-7-3-12(4-8-14)10-16(19)20/h1-8H,9-10H2,(H,17,18)(H,19,20). The monoisotopic (exact) mass is 414 g/mol. The van der Waals surface area contributed by atoms with Crippen LogP contribution in [0.1, 0.15) is 11.1 Å². The lowest BCUT2D eigenvalue weighted by Gasteiger charge is -2.07. The third-order valence-electron chi connectivity index (χ3n) is 3.31. The molecule has 2 rings (SSSR count). The molecule has 0 spiro atoms. The van der Waals surface area contributed by atoms with Crippen molar-refractivity contribution in [3.05, 3.63) is 59.7 Å². The van der Waals surface area contributed by atoms with Crippen molar-refractivity contribution in [2.45, 2.75) is 22.6 Å². The minimum Gasteiger partial charge on any atom is -0.481 e. The summed E-state index contributed by atoms with van der Waals surface area (Å²) in [5.41, 5.74) is 0.664. The molecule has 2 aromatic carbocycles. The lowest BCUT2D eigenvalue weighted by molar-refractivity contribution is -0.137. The zero-order valence-electron chi connectivity index (χ0n) is 13.6. The van der Waals surface area contributed by atoms with Gasteiger partial charge in [-0.1, -0.05) is 24.3 Å². The number of hydrogen-bond acceptors (Lipinski definition) is 7. The van der Waals surface area contributed by atoms with Gasteiger partial charge >= 0.3 is 32.2 Å². The van der Waals surface area contributed by atoms with Crippen LogP contribution in [0.25, 0.3) is 0 Å². The van der Waals surface area contributed by atoms with Gasteiger partial charge in [0.2, 0.25) is 0 Å². The fourth-order valence-corrected chi connectivity index (χ4v) is 4.60. The summed E-state index contributed by atoms with van der Waals surface area (Å²) in [5, 5.41) is 17.4. The first-order valence-electron chi connectivity index (χ1n) is 7.32. The van der Waals surface area contributed by atoms with Gasteiger partial charge in [-0.2, -0.15) is 16.8 Å². The van der Waals surface area contributed by atoms with E-state index in [4.69, 9.17) is 10.2 Å². The molecule has 0 saturated heterocycles. The van der Waals surface area contributed by atoms with E-state index in [0.717, 1.165) is 24.3 Å². The Balaban J connectivity index is 2.22. The van der Waals surface area contributed by atoms with Crippen molar-refractivity contribution in [3.63, 3.8) is 0 Å². The molecule has 0 atom stereocenters. The second kappa shape index (κ2) is 7.86. The van der Waals surface area contributed by atoms with E-state index in [1.807, 2.05) is 0 Å². The van der Waals surface area contributed by atoms with E-state index in [-0.39, 0.29) is 12.8 Å². The molecule has 144 valence electrons. The van der Waals surface area contributed by atoms with Gasteiger partial charge in [-0.05, 0) is 35.4 Å². The van der Waals surface area contributed by atoms with Crippen LogP contribution in [0.3, 0.4) is 0 Å². The molecule has 2 aromatic rings. The van der Waals surface area contributed by atoms with E-state index >= 15 is 0 Å². The van der Waals surface area contributed by atoms with Crippen molar-refractivity contribution in [2.75, 3.05) is 0 Å². The molecule has 0 bridgehead atoms. The van der Waals surface area contributed by atoms with Gasteiger partial charge in [-0.25, -0.2) is 0 Å². The Labute approximate surface area is 155 Å². The van der Waals surface area contributed by atoms with Crippen LogP contribution < -0.4 is 0 Å². The van der Waals surface area contributed by atoms with Crippen LogP contribution in [0.5, 0.6) is 0 Å². The average molecular weight is 414 g/mol. The van der Waals surface area contributed by atoms with Gasteiger partial charge < -0.3 is 10.2 Å². The smallest absolute Gasteiger partial charge is 0.311 e. The zero-order chi connectivity index (χ0) is 20.2. The Morgan fingerprint density at radius 2 is 0.963 bits per heavy atom. The summed E-state index contributed by atoms with van der Waals surface area (Å²) in [7, 11) is -9.34. The Morgan fingerprint density at radius 1 is 0.667 bits per heavy atom. The second-order valence-electron chi connectivity index (χ2n) is 5.41. The molecule has 0 unspecified atom stereocenters. The predicted molar refractivity (Wildman–Crippen MR) is 91.0 cm³/mol. The molecular weight excluding hydrogens is 400 g/mol. The number of aliphatic carboxylic acids is 2. The van der Waals surface area contributed by atoms with Crippen LogP contribution in [-0.2, 0) is 46.3 Å². The minimum absolute atomic E-state index is 0.317. The summed E-state index contributed by atoms with van der Waals surface area (Å²) >= 11 is 0. The third kappa shape index (κ3) is 5.61. The van der Waals surface area contributed by atoms with E-state index < -0.39 is 42.0 Å². The number of rotatable bonds is 8. The molecule has 0 saturated carbocycles. The molecule has 27 heavy (non-hydrogen) atoms. The molecule has 9 nitrogen and oxygen atoms in total. The highest BCUT2D eigenvalue weighted by Crippen LogP contribution is 2.21. The van der Waals surface area contributed by atoms with E-state index in [2.05, 4.69) is 3.63 Å². The molecule has 0 aliphatic carbocycles. The Bertz CT molecular complexity index is 964. The molecule has 0 aliphatic rings. The highest BCUT2D eigenvalue weighted by Gasteiger charge is 2.26. The SMILES string of the molecule is O=C(O)Cc1ccc(S(=O)(=O)OS(=O)(=O)c2ccc(CC(=O)O)cc2)cc1. The molecule has 0 heterocycles. The van der Waals surface area contributed by atoms with E-state index in [1.165, 1.54) is 24.3 Å². The first-order valence-corrected chi connectivity index (χ1v) is 10.1. The number of carbonyl (C=O) groups is 2. The number of hydrogen-bond donors (Lipinski definition) is 2. The minimum atomic E-state index is -4.67. The van der Waals surface area contributed by atoms with Crippen LogP contribution in [-0.4, -0.2) is 39.0 Å². The molecule has 11 heteroatoms. The van der Waals surface area contributed by atoms with Gasteiger partial charge in [0.1, 0.15) is 0 Å². The van der Waals surface area contributed by atoms with Crippen molar-refractivity contribution in [2.24, 2.45) is 0 Å². The average Bonchev–Trinajstić information content (AvgIpc) is 2.53. The van der Waals surface area contributed by atoms with E-state index in [9.17, 15) is 26.4 Å². The van der Waals surface area contributed by atoms with E-state index in [0.29, 0.717) is 11.1 Å². The van der Waals surface area contributed by atoms with Crippen molar-refractivity contribution in [3.8, 4) is 0 Å². The number of carboxylic acid groups (broad SMARTS) is 2. The normalized spacial score (nSPS) is 11.9. The molecule has 0 radical (unpaired) electrons. The van der Waals surface area contributed by atoms with Crippen molar-refractivity contribution >= 4 is 32.2 Å². The fourth-order valence-electron chi connectivity index (χ4n) is 2.09. The van der Waals surface area contributed by atoms with Crippen molar-refractivity contribution in [1.82, 2.24) is 0 Å².